The summed E-state index contributed by atoms with van der Waals surface area (Å²) in [4.78, 5) is 10.6. The molecule has 48 heavy (non-hydrogen) atoms. The van der Waals surface area contributed by atoms with Crippen molar-refractivity contribution >= 4 is 54.4 Å². The normalized spacial score (nSPS) is 11.8. The first kappa shape index (κ1) is 26.7. The number of hydrogen-bond donors (Lipinski definition) is 0. The van der Waals surface area contributed by atoms with Crippen LogP contribution in [0.4, 0.5) is 0 Å². The zero-order chi connectivity index (χ0) is 31.6. The van der Waals surface area contributed by atoms with Gasteiger partial charge in [0.05, 0.1) is 27.8 Å². The van der Waals surface area contributed by atoms with E-state index >= 15 is 0 Å². The van der Waals surface area contributed by atoms with Crippen molar-refractivity contribution in [2.45, 2.75) is 0 Å². The van der Waals surface area contributed by atoms with Crippen LogP contribution in [-0.2, 0) is 0 Å². The van der Waals surface area contributed by atoms with Crippen LogP contribution in [-0.4, -0.2) is 19.1 Å². The monoisotopic (exact) mass is 612 g/mol. The highest BCUT2D eigenvalue weighted by atomic mass is 15.2. The van der Waals surface area contributed by atoms with E-state index in [-0.39, 0.29) is 0 Å². The van der Waals surface area contributed by atoms with Gasteiger partial charge >= 0.3 is 0 Å². The van der Waals surface area contributed by atoms with Crippen LogP contribution in [0.1, 0.15) is 0 Å². The quantitative estimate of drug-likeness (QED) is 0.198. The lowest BCUT2D eigenvalue weighted by molar-refractivity contribution is 1.01. The van der Waals surface area contributed by atoms with Crippen molar-refractivity contribution in [2.75, 3.05) is 0 Å². The predicted molar refractivity (Wildman–Crippen MR) is 199 cm³/mol. The number of aromatic nitrogens is 4. The first-order valence-corrected chi connectivity index (χ1v) is 16.3. The van der Waals surface area contributed by atoms with Crippen LogP contribution in [0.3, 0.4) is 0 Å². The fourth-order valence-corrected chi connectivity index (χ4v) is 7.29. The maximum absolute atomic E-state index is 5.38. The molecule has 4 heteroatoms. The molecule has 7 aromatic carbocycles. The number of benzene rings is 7. The van der Waals surface area contributed by atoms with Gasteiger partial charge in [0.2, 0.25) is 5.95 Å². The lowest BCUT2D eigenvalue weighted by Crippen LogP contribution is -2.03. The molecule has 0 amide bonds. The molecule has 0 spiro atoms. The molecule has 0 unspecified atom stereocenters. The van der Waals surface area contributed by atoms with E-state index in [1.165, 1.54) is 43.6 Å². The zero-order valence-electron chi connectivity index (χ0n) is 26.0. The summed E-state index contributed by atoms with van der Waals surface area (Å²) in [5.74, 6) is 0.659. The molecule has 10 rings (SSSR count). The van der Waals surface area contributed by atoms with Crippen LogP contribution in [0.15, 0.2) is 170 Å². The highest BCUT2D eigenvalue weighted by molar-refractivity contribution is 6.20. The number of hydrogen-bond acceptors (Lipinski definition) is 2. The molecule has 0 fully saturated rings. The Labute approximate surface area is 276 Å². The molecule has 10 aromatic rings. The van der Waals surface area contributed by atoms with Crippen molar-refractivity contribution in [1.29, 1.82) is 0 Å². The van der Waals surface area contributed by atoms with Crippen LogP contribution < -0.4 is 0 Å². The van der Waals surface area contributed by atoms with E-state index in [9.17, 15) is 0 Å². The maximum atomic E-state index is 5.38. The van der Waals surface area contributed by atoms with Gasteiger partial charge in [0.1, 0.15) is 0 Å². The van der Waals surface area contributed by atoms with E-state index < -0.39 is 0 Å². The summed E-state index contributed by atoms with van der Waals surface area (Å²) in [6.07, 6.45) is 2.17. The third-order valence-corrected chi connectivity index (χ3v) is 9.53. The van der Waals surface area contributed by atoms with E-state index in [4.69, 9.17) is 9.97 Å². The third-order valence-electron chi connectivity index (χ3n) is 9.53. The van der Waals surface area contributed by atoms with Gasteiger partial charge in [0, 0.05) is 39.0 Å². The number of fused-ring (bicyclic) bond motifs is 7. The molecule has 0 saturated heterocycles. The van der Waals surface area contributed by atoms with E-state index in [1.54, 1.807) is 0 Å². The molecule has 0 bridgehead atoms. The Morgan fingerprint density at radius 1 is 0.438 bits per heavy atom. The van der Waals surface area contributed by atoms with Crippen molar-refractivity contribution in [3.63, 3.8) is 0 Å². The molecule has 0 aliphatic rings. The topological polar surface area (TPSA) is 35.6 Å². The fraction of sp³-hybridized carbons (Fsp3) is 0. The van der Waals surface area contributed by atoms with Gasteiger partial charge in [-0.15, -0.1) is 0 Å². The minimum Gasteiger partial charge on any atom is -0.316 e. The van der Waals surface area contributed by atoms with Gasteiger partial charge < -0.3 is 4.57 Å². The number of para-hydroxylation sites is 3. The number of rotatable bonds is 4. The van der Waals surface area contributed by atoms with Crippen LogP contribution >= 0.6 is 0 Å². The summed E-state index contributed by atoms with van der Waals surface area (Å²) in [5, 5.41) is 6.97. The van der Waals surface area contributed by atoms with Crippen LogP contribution in [0.25, 0.3) is 88.4 Å². The van der Waals surface area contributed by atoms with Gasteiger partial charge in [0.15, 0.2) is 0 Å². The summed E-state index contributed by atoms with van der Waals surface area (Å²) in [5.41, 5.74) is 9.80. The van der Waals surface area contributed by atoms with Crippen molar-refractivity contribution in [3.8, 4) is 34.0 Å². The largest absolute Gasteiger partial charge is 0.316 e. The average molecular weight is 613 g/mol. The average Bonchev–Trinajstić information content (AvgIpc) is 3.74. The molecule has 0 N–H and O–H groups in total. The predicted octanol–water partition coefficient (Wildman–Crippen LogP) is 11.2. The minimum atomic E-state index is 0.659. The second kappa shape index (κ2) is 10.5. The number of nitrogens with zero attached hydrogens (tertiary/aromatic N) is 4. The Morgan fingerprint density at radius 3 is 1.94 bits per heavy atom. The van der Waals surface area contributed by atoms with Gasteiger partial charge in [0.25, 0.3) is 0 Å². The highest BCUT2D eigenvalue weighted by Crippen LogP contribution is 2.39. The Bertz CT molecular complexity index is 2830. The van der Waals surface area contributed by atoms with Gasteiger partial charge in [-0.2, -0.15) is 0 Å². The van der Waals surface area contributed by atoms with Crippen LogP contribution in [0, 0.1) is 0 Å². The molecule has 3 heterocycles. The summed E-state index contributed by atoms with van der Waals surface area (Å²) in [6.45, 7) is 0. The fourth-order valence-electron chi connectivity index (χ4n) is 7.29. The third kappa shape index (κ3) is 4.10. The molecular weight excluding hydrogens is 585 g/mol. The maximum Gasteiger partial charge on any atom is 0.235 e. The van der Waals surface area contributed by atoms with Gasteiger partial charge in [-0.05, 0) is 70.4 Å². The highest BCUT2D eigenvalue weighted by Gasteiger charge is 2.20. The lowest BCUT2D eigenvalue weighted by atomic mass is 9.98. The molecule has 3 aromatic heterocycles. The van der Waals surface area contributed by atoms with E-state index in [1.807, 2.05) is 0 Å². The van der Waals surface area contributed by atoms with Crippen molar-refractivity contribution in [3.05, 3.63) is 170 Å². The Kier molecular flexibility index (Phi) is 5.84. The molecule has 0 aliphatic heterocycles. The zero-order valence-corrected chi connectivity index (χ0v) is 26.0. The van der Waals surface area contributed by atoms with E-state index in [0.717, 1.165) is 38.9 Å². The van der Waals surface area contributed by atoms with Gasteiger partial charge in [-0.1, -0.05) is 115 Å². The lowest BCUT2D eigenvalue weighted by Gasteiger charge is -2.13. The Balaban J connectivity index is 1.21. The second-order valence-corrected chi connectivity index (χ2v) is 12.3. The molecule has 0 aliphatic carbocycles. The second-order valence-electron chi connectivity index (χ2n) is 12.3. The van der Waals surface area contributed by atoms with Gasteiger partial charge in [-0.25, -0.2) is 9.97 Å². The van der Waals surface area contributed by atoms with Crippen molar-refractivity contribution in [1.82, 2.24) is 19.1 Å². The summed E-state index contributed by atoms with van der Waals surface area (Å²) in [6, 6.07) is 58.0. The summed E-state index contributed by atoms with van der Waals surface area (Å²) >= 11 is 0. The summed E-state index contributed by atoms with van der Waals surface area (Å²) < 4.78 is 4.52. The summed E-state index contributed by atoms with van der Waals surface area (Å²) in [7, 11) is 0. The molecule has 224 valence electrons. The SMILES string of the molecule is c1ccc(-c2ccc3cc(-c4nc(-n5c6ccccc6c6c7c(ccc65)ccn7-c5ccccc5)nc5ccccc45)ccc3c2)cc1. The smallest absolute Gasteiger partial charge is 0.235 e. The van der Waals surface area contributed by atoms with E-state index in [0.29, 0.717) is 5.95 Å². The van der Waals surface area contributed by atoms with Crippen LogP contribution in [0.2, 0.25) is 0 Å². The standard InChI is InChI=1S/C44H28N4/c1-3-11-29(12-4-1)31-19-20-33-28-34(22-21-32(33)27-31)42-36-15-7-9-17-38(36)45-44(46-42)48-39-18-10-8-16-37(39)41-40(48)24-23-30-25-26-47(43(30)41)35-13-5-2-6-14-35/h1-28H. The Hall–Kier alpha value is -6.52. The minimum absolute atomic E-state index is 0.659. The Morgan fingerprint density at radius 2 is 1.10 bits per heavy atom. The molecule has 0 atom stereocenters. The first-order chi connectivity index (χ1) is 23.8. The van der Waals surface area contributed by atoms with Crippen molar-refractivity contribution < 1.29 is 0 Å². The molecule has 4 nitrogen and oxygen atoms in total. The molecule has 0 saturated carbocycles. The van der Waals surface area contributed by atoms with Crippen molar-refractivity contribution in [2.24, 2.45) is 0 Å². The molecular formula is C44H28N4. The molecule has 0 radical (unpaired) electrons. The first-order valence-electron chi connectivity index (χ1n) is 16.3. The van der Waals surface area contributed by atoms with E-state index in [2.05, 4.69) is 179 Å². The van der Waals surface area contributed by atoms with Gasteiger partial charge in [-0.3, -0.25) is 4.57 Å². The van der Waals surface area contributed by atoms with Crippen LogP contribution in [0.5, 0.6) is 0 Å².